The molecule has 0 spiro atoms. The lowest BCUT2D eigenvalue weighted by atomic mass is 9.54. The van der Waals surface area contributed by atoms with Gasteiger partial charge in [-0.15, -0.1) is 0 Å². The Morgan fingerprint density at radius 2 is 1.48 bits per heavy atom. The Morgan fingerprint density at radius 3 is 1.90 bits per heavy atom. The first kappa shape index (κ1) is 22.8. The van der Waals surface area contributed by atoms with Crippen LogP contribution >= 0.6 is 0 Å². The van der Waals surface area contributed by atoms with Gasteiger partial charge in [0.1, 0.15) is 0 Å². The molecule has 1 aromatic rings. The van der Waals surface area contributed by atoms with Crippen LogP contribution in [0.3, 0.4) is 0 Å². The predicted molar refractivity (Wildman–Crippen MR) is 109 cm³/mol. The van der Waals surface area contributed by atoms with E-state index in [-0.39, 0.29) is 10.6 Å². The maximum atomic E-state index is 11.5. The number of hydrogen-bond acceptors (Lipinski definition) is 7. The Balaban J connectivity index is 0.000000401. The Labute approximate surface area is 179 Å². The van der Waals surface area contributed by atoms with E-state index in [1.165, 1.54) is 45.3 Å². The van der Waals surface area contributed by atoms with Crippen LogP contribution in [0.1, 0.15) is 37.7 Å². The van der Waals surface area contributed by atoms with Gasteiger partial charge in [0.15, 0.2) is 11.5 Å². The van der Waals surface area contributed by atoms with Crippen molar-refractivity contribution in [2.45, 2.75) is 44.7 Å². The van der Waals surface area contributed by atoms with E-state index in [4.69, 9.17) is 29.3 Å². The number of nitrogens with one attached hydrogen (secondary N) is 1. The van der Waals surface area contributed by atoms with Crippen LogP contribution < -0.4 is 14.8 Å². The lowest BCUT2D eigenvalue weighted by Crippen LogP contribution is -2.54. The summed E-state index contributed by atoms with van der Waals surface area (Å²) in [6.45, 7) is 0.504. The van der Waals surface area contributed by atoms with Crippen LogP contribution in [0.5, 0.6) is 11.5 Å². The van der Waals surface area contributed by atoms with Crippen molar-refractivity contribution in [2.75, 3.05) is 14.2 Å². The number of nitro groups is 1. The summed E-state index contributed by atoms with van der Waals surface area (Å²) in [5.74, 6) is 0.630. The average molecular weight is 436 g/mol. The van der Waals surface area contributed by atoms with Gasteiger partial charge in [0, 0.05) is 18.2 Å². The van der Waals surface area contributed by atoms with Gasteiger partial charge < -0.3 is 25.0 Å². The van der Waals surface area contributed by atoms with E-state index in [0.717, 1.165) is 23.7 Å². The number of ether oxygens (including phenoxy) is 2. The molecule has 10 nitrogen and oxygen atoms in total. The molecule has 4 aliphatic carbocycles. The second-order valence-electron chi connectivity index (χ2n) is 8.54. The van der Waals surface area contributed by atoms with Crippen molar-refractivity contribution in [1.82, 2.24) is 5.32 Å². The molecule has 5 rings (SSSR count). The Bertz CT molecular complexity index is 816. The zero-order valence-corrected chi connectivity index (χ0v) is 17.6. The van der Waals surface area contributed by atoms with E-state index < -0.39 is 11.9 Å². The van der Waals surface area contributed by atoms with Crippen LogP contribution in [0, 0.1) is 33.8 Å². The second kappa shape index (κ2) is 9.51. The average Bonchev–Trinajstić information content (AvgIpc) is 2.72. The van der Waals surface area contributed by atoms with Crippen molar-refractivity contribution >= 4 is 17.6 Å². The maximum absolute atomic E-state index is 11.5. The fraction of sp³-hybridized carbons (Fsp3) is 0.619. The number of aliphatic carboxylic acids is 2. The first-order chi connectivity index (χ1) is 14.7. The summed E-state index contributed by atoms with van der Waals surface area (Å²) in [4.78, 5) is 29.3. The molecule has 170 valence electrons. The molecule has 1 aromatic carbocycles. The lowest BCUT2D eigenvalue weighted by molar-refractivity contribution is -0.385. The van der Waals surface area contributed by atoms with Crippen LogP contribution in [-0.2, 0) is 16.1 Å². The Hall–Kier alpha value is -2.88. The van der Waals surface area contributed by atoms with Crippen molar-refractivity contribution in [3.05, 3.63) is 27.8 Å². The molecule has 4 bridgehead atoms. The Morgan fingerprint density at radius 1 is 1.00 bits per heavy atom. The van der Waals surface area contributed by atoms with Crippen molar-refractivity contribution in [3.8, 4) is 11.5 Å². The van der Waals surface area contributed by atoms with Gasteiger partial charge in [0.05, 0.1) is 25.2 Å². The molecule has 0 atom stereocenters. The van der Waals surface area contributed by atoms with Crippen LogP contribution in [-0.4, -0.2) is 47.3 Å². The number of hydrogen-bond donors (Lipinski definition) is 3. The van der Waals surface area contributed by atoms with Crippen LogP contribution in [0.15, 0.2) is 12.1 Å². The third kappa shape index (κ3) is 5.07. The highest BCUT2D eigenvalue weighted by molar-refractivity contribution is 6.27. The van der Waals surface area contributed by atoms with Crippen LogP contribution in [0.25, 0.3) is 0 Å². The second-order valence-corrected chi connectivity index (χ2v) is 8.54. The molecule has 0 amide bonds. The standard InChI is InChI=1S/C19H26N2O4.C2H2O4/c1-24-17-8-15(16(21(22)23)9-18(17)25-2)10-20-19-13-4-11-3-12(6-13)7-14(19)5-11;3-1(4)2(5)6/h8-9,11-14,19-20H,3-7,10H2,1-2H3;(H,3,4)(H,5,6). The van der Waals surface area contributed by atoms with Crippen molar-refractivity contribution in [2.24, 2.45) is 23.7 Å². The van der Waals surface area contributed by atoms with E-state index in [1.54, 1.807) is 13.2 Å². The van der Waals surface area contributed by atoms with Gasteiger partial charge in [0.2, 0.25) is 0 Å². The van der Waals surface area contributed by atoms with Crippen LogP contribution in [0.4, 0.5) is 5.69 Å². The number of carboxylic acids is 2. The number of carboxylic acid groups (broad SMARTS) is 2. The van der Waals surface area contributed by atoms with Crippen LogP contribution in [0.2, 0.25) is 0 Å². The molecule has 4 saturated carbocycles. The minimum Gasteiger partial charge on any atom is -0.493 e. The quantitative estimate of drug-likeness (QED) is 0.348. The summed E-state index contributed by atoms with van der Waals surface area (Å²) in [7, 11) is 3.05. The maximum Gasteiger partial charge on any atom is 0.414 e. The lowest BCUT2D eigenvalue weighted by Gasteiger charge is -2.54. The highest BCUT2D eigenvalue weighted by atomic mass is 16.6. The SMILES string of the molecule is COc1cc(CNC2C3CC4CC(C3)CC2C4)c([N+](=O)[O-])cc1OC.O=C(O)C(=O)O. The van der Waals surface area contributed by atoms with Gasteiger partial charge in [-0.3, -0.25) is 10.1 Å². The van der Waals surface area contributed by atoms with Gasteiger partial charge >= 0.3 is 11.9 Å². The van der Waals surface area contributed by atoms with Gasteiger partial charge in [-0.2, -0.15) is 0 Å². The number of carbonyl (C=O) groups is 2. The fourth-order valence-corrected chi connectivity index (χ4v) is 5.71. The highest BCUT2D eigenvalue weighted by Gasteiger charge is 2.47. The number of methoxy groups -OCH3 is 2. The largest absolute Gasteiger partial charge is 0.493 e. The number of nitrogens with zero attached hydrogens (tertiary/aromatic N) is 1. The Kier molecular flexibility index (Phi) is 6.99. The molecular weight excluding hydrogens is 408 g/mol. The summed E-state index contributed by atoms with van der Waals surface area (Å²) < 4.78 is 10.5. The minimum absolute atomic E-state index is 0.0916. The minimum atomic E-state index is -1.82. The summed E-state index contributed by atoms with van der Waals surface area (Å²) in [5, 5.41) is 29.9. The smallest absolute Gasteiger partial charge is 0.414 e. The summed E-state index contributed by atoms with van der Waals surface area (Å²) >= 11 is 0. The monoisotopic (exact) mass is 436 g/mol. The third-order valence-electron chi connectivity index (χ3n) is 6.72. The summed E-state index contributed by atoms with van der Waals surface area (Å²) in [5.41, 5.74) is 0.755. The molecule has 31 heavy (non-hydrogen) atoms. The molecular formula is C21H28N2O8. The third-order valence-corrected chi connectivity index (χ3v) is 6.72. The fourth-order valence-electron chi connectivity index (χ4n) is 5.71. The van der Waals surface area contributed by atoms with E-state index >= 15 is 0 Å². The van der Waals surface area contributed by atoms with Crippen molar-refractivity contribution < 1.29 is 34.2 Å². The van der Waals surface area contributed by atoms with E-state index in [1.807, 2.05) is 0 Å². The molecule has 0 aliphatic heterocycles. The zero-order chi connectivity index (χ0) is 22.7. The van der Waals surface area contributed by atoms with E-state index in [2.05, 4.69) is 5.32 Å². The normalized spacial score (nSPS) is 27.7. The summed E-state index contributed by atoms with van der Waals surface area (Å²) in [6.07, 6.45) is 6.76. The molecule has 0 aromatic heterocycles. The molecule has 0 saturated heterocycles. The summed E-state index contributed by atoms with van der Waals surface area (Å²) in [6, 6.07) is 3.70. The molecule has 4 fully saturated rings. The van der Waals surface area contributed by atoms with Gasteiger partial charge in [-0.25, -0.2) is 9.59 Å². The highest BCUT2D eigenvalue weighted by Crippen LogP contribution is 2.53. The zero-order valence-electron chi connectivity index (χ0n) is 17.6. The molecule has 0 unspecified atom stereocenters. The van der Waals surface area contributed by atoms with E-state index in [9.17, 15) is 10.1 Å². The first-order valence-electron chi connectivity index (χ1n) is 10.3. The number of benzene rings is 1. The molecule has 0 radical (unpaired) electrons. The number of rotatable bonds is 6. The van der Waals surface area contributed by atoms with Crippen molar-refractivity contribution in [3.63, 3.8) is 0 Å². The molecule has 3 N–H and O–H groups in total. The van der Waals surface area contributed by atoms with Gasteiger partial charge in [-0.1, -0.05) is 0 Å². The molecule has 10 heteroatoms. The number of nitro benzene ring substituents is 1. The first-order valence-corrected chi connectivity index (χ1v) is 10.3. The molecule has 4 aliphatic rings. The van der Waals surface area contributed by atoms with E-state index in [0.29, 0.717) is 29.6 Å². The predicted octanol–water partition coefficient (Wildman–Crippen LogP) is 2.68. The van der Waals surface area contributed by atoms with Gasteiger partial charge in [0.25, 0.3) is 5.69 Å². The van der Waals surface area contributed by atoms with Gasteiger partial charge in [-0.05, 0) is 61.8 Å². The van der Waals surface area contributed by atoms with Crippen molar-refractivity contribution in [1.29, 1.82) is 0 Å². The topological polar surface area (TPSA) is 148 Å². The molecule has 0 heterocycles.